The number of thiophene rings is 1. The van der Waals surface area contributed by atoms with Gasteiger partial charge in [-0.15, -0.1) is 11.3 Å². The zero-order chi connectivity index (χ0) is 12.4. The Morgan fingerprint density at radius 2 is 2.29 bits per heavy atom. The van der Waals surface area contributed by atoms with Gasteiger partial charge in [-0.3, -0.25) is 4.79 Å². The molecule has 0 unspecified atom stereocenters. The second-order valence-electron chi connectivity index (χ2n) is 4.26. The van der Waals surface area contributed by atoms with Crippen LogP contribution in [0.1, 0.15) is 42.3 Å². The maximum Gasteiger partial charge on any atom is 0.176 e. The van der Waals surface area contributed by atoms with Crippen LogP contribution in [-0.4, -0.2) is 18.9 Å². The molecule has 0 bridgehead atoms. The first kappa shape index (κ1) is 12.2. The van der Waals surface area contributed by atoms with E-state index >= 15 is 0 Å². The lowest BCUT2D eigenvalue weighted by molar-refractivity contribution is 0.0992. The Morgan fingerprint density at radius 1 is 1.59 bits per heavy atom. The molecular formula is C12H18N2O2S. The maximum atomic E-state index is 11.7. The van der Waals surface area contributed by atoms with Crippen molar-refractivity contribution in [3.63, 3.8) is 0 Å². The Balaban J connectivity index is 2.27. The van der Waals surface area contributed by atoms with Crippen molar-refractivity contribution < 1.29 is 9.53 Å². The number of nitrogen functional groups attached to an aromatic ring is 1. The van der Waals surface area contributed by atoms with Crippen LogP contribution >= 0.6 is 11.3 Å². The Kier molecular flexibility index (Phi) is 3.57. The van der Waals surface area contributed by atoms with E-state index in [2.05, 4.69) is 5.32 Å². The summed E-state index contributed by atoms with van der Waals surface area (Å²) in [5, 5.41) is 4.29. The number of carbonyl (C=O) groups excluding carboxylic acids is 1. The molecule has 1 heterocycles. The summed E-state index contributed by atoms with van der Waals surface area (Å²) in [7, 11) is 1.59. The molecule has 0 atom stereocenters. The van der Waals surface area contributed by atoms with Gasteiger partial charge in [0.05, 0.1) is 17.7 Å². The highest BCUT2D eigenvalue weighted by atomic mass is 32.1. The number of ether oxygens (including phenoxy) is 1. The molecule has 0 aromatic carbocycles. The number of carbonyl (C=O) groups is 1. The van der Waals surface area contributed by atoms with Crippen molar-refractivity contribution >= 4 is 27.8 Å². The molecule has 0 aliphatic heterocycles. The van der Waals surface area contributed by atoms with E-state index in [9.17, 15) is 4.79 Å². The van der Waals surface area contributed by atoms with Crippen LogP contribution in [0.3, 0.4) is 0 Å². The number of nitrogens with two attached hydrogens (primary N) is 1. The molecule has 1 aromatic rings. The molecule has 0 spiro atoms. The van der Waals surface area contributed by atoms with Gasteiger partial charge >= 0.3 is 0 Å². The van der Waals surface area contributed by atoms with Gasteiger partial charge in [-0.05, 0) is 19.3 Å². The van der Waals surface area contributed by atoms with E-state index < -0.39 is 0 Å². The zero-order valence-corrected chi connectivity index (χ0v) is 11.0. The highest BCUT2D eigenvalue weighted by Gasteiger charge is 2.24. The number of ketones is 1. The molecule has 0 saturated heterocycles. The van der Waals surface area contributed by atoms with Gasteiger partial charge in [0.15, 0.2) is 11.5 Å². The number of nitrogens with one attached hydrogen (secondary N) is 1. The Morgan fingerprint density at radius 3 is 2.76 bits per heavy atom. The summed E-state index contributed by atoms with van der Waals surface area (Å²) in [5.74, 6) is 0.700. The minimum Gasteiger partial charge on any atom is -0.492 e. The minimum atomic E-state index is 0.0764. The fourth-order valence-corrected chi connectivity index (χ4v) is 3.01. The topological polar surface area (TPSA) is 64.3 Å². The molecule has 2 rings (SSSR count). The van der Waals surface area contributed by atoms with Gasteiger partial charge in [-0.2, -0.15) is 0 Å². The maximum absolute atomic E-state index is 11.7. The lowest BCUT2D eigenvalue weighted by atomic mass is 9.93. The minimum absolute atomic E-state index is 0.0764. The van der Waals surface area contributed by atoms with Crippen molar-refractivity contribution in [1.29, 1.82) is 0 Å². The van der Waals surface area contributed by atoms with Crippen molar-refractivity contribution in [2.45, 2.75) is 38.6 Å². The Hall–Kier alpha value is -1.23. The van der Waals surface area contributed by atoms with Crippen LogP contribution in [0.25, 0.3) is 0 Å². The van der Waals surface area contributed by atoms with Crippen molar-refractivity contribution in [2.75, 3.05) is 18.2 Å². The molecule has 1 fully saturated rings. The van der Waals surface area contributed by atoms with E-state index in [1.807, 2.05) is 6.92 Å². The Bertz CT molecular complexity index is 424. The first-order chi connectivity index (χ1) is 8.17. The van der Waals surface area contributed by atoms with E-state index in [1.165, 1.54) is 30.6 Å². The van der Waals surface area contributed by atoms with Crippen LogP contribution in [0.4, 0.5) is 10.7 Å². The third-order valence-corrected chi connectivity index (χ3v) is 4.28. The van der Waals surface area contributed by atoms with Gasteiger partial charge in [-0.1, -0.05) is 6.92 Å². The molecule has 3 N–H and O–H groups in total. The quantitative estimate of drug-likeness (QED) is 0.793. The van der Waals surface area contributed by atoms with E-state index in [4.69, 9.17) is 10.5 Å². The molecule has 1 aliphatic carbocycles. The van der Waals surface area contributed by atoms with Crippen molar-refractivity contribution in [2.24, 2.45) is 0 Å². The van der Waals surface area contributed by atoms with E-state index in [0.717, 1.165) is 5.00 Å². The van der Waals surface area contributed by atoms with Crippen LogP contribution < -0.4 is 15.8 Å². The summed E-state index contributed by atoms with van der Waals surface area (Å²) in [5.41, 5.74) is 6.43. The Labute approximate surface area is 105 Å². The number of hydrogen-bond acceptors (Lipinski definition) is 5. The second-order valence-corrected chi connectivity index (χ2v) is 5.28. The highest BCUT2D eigenvalue weighted by molar-refractivity contribution is 7.19. The fraction of sp³-hybridized carbons (Fsp3) is 0.583. The first-order valence-corrected chi connectivity index (χ1v) is 6.75. The van der Waals surface area contributed by atoms with Gasteiger partial charge in [-0.25, -0.2) is 0 Å². The average molecular weight is 254 g/mol. The second kappa shape index (κ2) is 4.96. The number of methoxy groups -OCH3 is 1. The van der Waals surface area contributed by atoms with E-state index in [0.29, 0.717) is 28.8 Å². The van der Waals surface area contributed by atoms with Crippen LogP contribution in [0.15, 0.2) is 0 Å². The summed E-state index contributed by atoms with van der Waals surface area (Å²) in [6.07, 6.45) is 4.09. The monoisotopic (exact) mass is 254 g/mol. The standard InChI is InChI=1S/C12H18N2O2S/c1-3-8(15)11-9(13)10(16-2)12(17-11)14-7-5-4-6-7/h7,14H,3-6,13H2,1-2H3. The molecule has 1 aliphatic rings. The van der Waals surface area contributed by atoms with Gasteiger partial charge in [0.1, 0.15) is 5.00 Å². The lowest BCUT2D eigenvalue weighted by Crippen LogP contribution is -2.26. The normalized spacial score (nSPS) is 15.4. The number of Topliss-reactive ketones (excluding diaryl/α,β-unsaturated/α-hetero) is 1. The van der Waals surface area contributed by atoms with Gasteiger partial charge in [0, 0.05) is 12.5 Å². The third kappa shape index (κ3) is 2.24. The predicted molar refractivity (Wildman–Crippen MR) is 71.2 cm³/mol. The zero-order valence-electron chi connectivity index (χ0n) is 10.2. The average Bonchev–Trinajstić information content (AvgIpc) is 2.59. The number of anilines is 2. The van der Waals surface area contributed by atoms with Crippen molar-refractivity contribution in [1.82, 2.24) is 0 Å². The molecule has 0 radical (unpaired) electrons. The summed E-state index contributed by atoms with van der Waals surface area (Å²) in [6.45, 7) is 1.84. The molecule has 4 nitrogen and oxygen atoms in total. The molecule has 1 aromatic heterocycles. The number of hydrogen-bond donors (Lipinski definition) is 2. The molecular weight excluding hydrogens is 236 g/mol. The van der Waals surface area contributed by atoms with Gasteiger partial charge < -0.3 is 15.8 Å². The first-order valence-electron chi connectivity index (χ1n) is 5.93. The molecule has 1 saturated carbocycles. The fourth-order valence-electron chi connectivity index (χ4n) is 1.83. The van der Waals surface area contributed by atoms with E-state index in [-0.39, 0.29) is 5.78 Å². The van der Waals surface area contributed by atoms with Crippen LogP contribution in [-0.2, 0) is 0 Å². The number of rotatable bonds is 5. The van der Waals surface area contributed by atoms with Crippen LogP contribution in [0, 0.1) is 0 Å². The lowest BCUT2D eigenvalue weighted by Gasteiger charge is -2.26. The summed E-state index contributed by atoms with van der Waals surface area (Å²) < 4.78 is 5.29. The van der Waals surface area contributed by atoms with Crippen LogP contribution in [0.2, 0.25) is 0 Å². The summed E-state index contributed by atoms with van der Waals surface area (Å²) in [6, 6.07) is 0.506. The SMILES string of the molecule is CCC(=O)c1sc(NC2CCC2)c(OC)c1N. The van der Waals surface area contributed by atoms with Gasteiger partial charge in [0.25, 0.3) is 0 Å². The van der Waals surface area contributed by atoms with Crippen molar-refractivity contribution in [3.8, 4) is 5.75 Å². The largest absolute Gasteiger partial charge is 0.492 e. The smallest absolute Gasteiger partial charge is 0.176 e. The van der Waals surface area contributed by atoms with Crippen LogP contribution in [0.5, 0.6) is 5.75 Å². The molecule has 0 amide bonds. The van der Waals surface area contributed by atoms with Gasteiger partial charge in [0.2, 0.25) is 0 Å². The molecule has 5 heteroatoms. The van der Waals surface area contributed by atoms with Crippen molar-refractivity contribution in [3.05, 3.63) is 4.88 Å². The molecule has 17 heavy (non-hydrogen) atoms. The predicted octanol–water partition coefficient (Wildman–Crippen LogP) is 2.90. The van der Waals surface area contributed by atoms with E-state index in [1.54, 1.807) is 7.11 Å². The molecule has 94 valence electrons. The summed E-state index contributed by atoms with van der Waals surface area (Å²) in [4.78, 5) is 12.3. The summed E-state index contributed by atoms with van der Waals surface area (Å²) >= 11 is 1.41. The third-order valence-electron chi connectivity index (χ3n) is 3.12. The highest BCUT2D eigenvalue weighted by Crippen LogP contribution is 2.44.